The predicted octanol–water partition coefficient (Wildman–Crippen LogP) is 13.4. The maximum Gasteiger partial charge on any atom is 0.164 e. The van der Waals surface area contributed by atoms with E-state index in [0.717, 1.165) is 108 Å². The van der Waals surface area contributed by atoms with E-state index in [9.17, 15) is 0 Å². The van der Waals surface area contributed by atoms with Gasteiger partial charge in [-0.05, 0) is 89.2 Å². The Hall–Kier alpha value is -7.11. The molecule has 10 aromatic rings. The summed E-state index contributed by atoms with van der Waals surface area (Å²) in [6.45, 7) is 0. The molecule has 264 valence electrons. The number of fused-ring (bicyclic) bond motifs is 10. The lowest BCUT2D eigenvalue weighted by Crippen LogP contribution is -2.02. The molecule has 7 aromatic carbocycles. The lowest BCUT2D eigenvalue weighted by molar-refractivity contribution is 0.670. The van der Waals surface area contributed by atoms with Crippen LogP contribution >= 0.6 is 0 Å². The zero-order valence-corrected chi connectivity index (χ0v) is 30.4. The van der Waals surface area contributed by atoms with Crippen molar-refractivity contribution in [2.75, 3.05) is 0 Å². The van der Waals surface area contributed by atoms with Crippen LogP contribution in [-0.2, 0) is 12.8 Å². The number of aromatic nitrogens is 3. The summed E-state index contributed by atoms with van der Waals surface area (Å²) >= 11 is 0. The van der Waals surface area contributed by atoms with E-state index in [1.807, 2.05) is 24.3 Å². The van der Waals surface area contributed by atoms with Crippen molar-refractivity contribution in [3.63, 3.8) is 0 Å². The zero-order chi connectivity index (χ0) is 36.7. The molecule has 5 nitrogen and oxygen atoms in total. The van der Waals surface area contributed by atoms with E-state index < -0.39 is 0 Å². The van der Waals surface area contributed by atoms with Crippen molar-refractivity contribution in [1.29, 1.82) is 0 Å². The maximum atomic E-state index is 6.89. The van der Waals surface area contributed by atoms with E-state index >= 15 is 0 Å². The van der Waals surface area contributed by atoms with Crippen LogP contribution in [0.1, 0.15) is 35.1 Å². The molecule has 12 rings (SSSR count). The summed E-state index contributed by atoms with van der Waals surface area (Å²) in [5.74, 6) is 1.91. The molecule has 56 heavy (non-hydrogen) atoms. The SMILES string of the molecule is C1=Cc2cc(-c3nc(-c4ccc5c(c4)C=CCC5)nc(-c4cccc5oc6c(-c7cc8ccccc8c8oc9ccccc9c78)cccc6c45)n3)ccc2CC1. The lowest BCUT2D eigenvalue weighted by Gasteiger charge is -2.14. The number of hydrogen-bond acceptors (Lipinski definition) is 5. The molecule has 0 atom stereocenters. The molecule has 3 heterocycles. The van der Waals surface area contributed by atoms with Crippen LogP contribution in [0.3, 0.4) is 0 Å². The number of aryl methyl sites for hydroxylation is 2. The Labute approximate surface area is 322 Å². The van der Waals surface area contributed by atoms with Gasteiger partial charge in [0.2, 0.25) is 0 Å². The quantitative estimate of drug-likeness (QED) is 0.181. The molecule has 5 heteroatoms. The van der Waals surface area contributed by atoms with Crippen LogP contribution in [0.15, 0.2) is 148 Å². The first-order valence-electron chi connectivity index (χ1n) is 19.4. The van der Waals surface area contributed by atoms with E-state index in [1.165, 1.54) is 22.3 Å². The van der Waals surface area contributed by atoms with Crippen molar-refractivity contribution in [3.8, 4) is 45.3 Å². The molecule has 0 saturated carbocycles. The van der Waals surface area contributed by atoms with E-state index in [2.05, 4.69) is 127 Å². The Bertz CT molecular complexity index is 3240. The first-order valence-corrected chi connectivity index (χ1v) is 19.4. The third kappa shape index (κ3) is 4.84. The van der Waals surface area contributed by atoms with Gasteiger partial charge in [-0.15, -0.1) is 0 Å². The average molecular weight is 720 g/mol. The van der Waals surface area contributed by atoms with Gasteiger partial charge in [0, 0.05) is 49.2 Å². The fourth-order valence-electron chi connectivity index (χ4n) is 8.91. The van der Waals surface area contributed by atoms with Crippen LogP contribution in [0.4, 0.5) is 0 Å². The molecule has 0 fully saturated rings. The number of hydrogen-bond donors (Lipinski definition) is 0. The second kappa shape index (κ2) is 12.2. The predicted molar refractivity (Wildman–Crippen MR) is 228 cm³/mol. The Morgan fingerprint density at radius 2 is 1.04 bits per heavy atom. The molecular formula is C51H33N3O2. The molecular weight excluding hydrogens is 687 g/mol. The average Bonchev–Trinajstić information content (AvgIpc) is 3.85. The van der Waals surface area contributed by atoms with Crippen LogP contribution in [0.2, 0.25) is 0 Å². The molecule has 0 spiro atoms. The molecule has 0 bridgehead atoms. The summed E-state index contributed by atoms with van der Waals surface area (Å²) in [4.78, 5) is 15.6. The fourth-order valence-corrected chi connectivity index (χ4v) is 8.91. The first kappa shape index (κ1) is 31.3. The number of nitrogens with zero attached hydrogens (tertiary/aromatic N) is 3. The minimum Gasteiger partial charge on any atom is -0.455 e. The second-order valence-corrected chi connectivity index (χ2v) is 14.9. The van der Waals surface area contributed by atoms with Crippen LogP contribution in [-0.4, -0.2) is 15.0 Å². The van der Waals surface area contributed by atoms with Gasteiger partial charge in [-0.25, -0.2) is 15.0 Å². The molecule has 3 aromatic heterocycles. The number of rotatable bonds is 4. The van der Waals surface area contributed by atoms with Gasteiger partial charge in [-0.2, -0.15) is 0 Å². The Kier molecular flexibility index (Phi) is 6.81. The van der Waals surface area contributed by atoms with Gasteiger partial charge in [0.15, 0.2) is 17.5 Å². The number of furan rings is 2. The number of para-hydroxylation sites is 2. The van der Waals surface area contributed by atoms with Gasteiger partial charge in [0.1, 0.15) is 22.3 Å². The Morgan fingerprint density at radius 1 is 0.429 bits per heavy atom. The van der Waals surface area contributed by atoms with Crippen molar-refractivity contribution in [2.45, 2.75) is 25.7 Å². The van der Waals surface area contributed by atoms with Crippen LogP contribution in [0.5, 0.6) is 0 Å². The van der Waals surface area contributed by atoms with Gasteiger partial charge in [0.25, 0.3) is 0 Å². The van der Waals surface area contributed by atoms with E-state index in [-0.39, 0.29) is 0 Å². The fraction of sp³-hybridized carbons (Fsp3) is 0.0784. The van der Waals surface area contributed by atoms with Gasteiger partial charge in [-0.1, -0.05) is 121 Å². The van der Waals surface area contributed by atoms with Crippen molar-refractivity contribution < 1.29 is 8.83 Å². The van der Waals surface area contributed by atoms with E-state index in [0.29, 0.717) is 17.5 Å². The molecule has 0 N–H and O–H groups in total. The molecule has 0 saturated heterocycles. The molecule has 0 amide bonds. The van der Waals surface area contributed by atoms with Gasteiger partial charge >= 0.3 is 0 Å². The van der Waals surface area contributed by atoms with Gasteiger partial charge < -0.3 is 8.83 Å². The third-order valence-electron chi connectivity index (χ3n) is 11.6. The Morgan fingerprint density at radius 3 is 1.80 bits per heavy atom. The molecule has 0 unspecified atom stereocenters. The minimum absolute atomic E-state index is 0.610. The van der Waals surface area contributed by atoms with E-state index in [4.69, 9.17) is 23.8 Å². The summed E-state index contributed by atoms with van der Waals surface area (Å²) in [5.41, 5.74) is 13.4. The van der Waals surface area contributed by atoms with E-state index in [1.54, 1.807) is 0 Å². The number of benzene rings is 7. The largest absolute Gasteiger partial charge is 0.455 e. The summed E-state index contributed by atoms with van der Waals surface area (Å²) < 4.78 is 13.5. The highest BCUT2D eigenvalue weighted by atomic mass is 16.3. The topological polar surface area (TPSA) is 65.0 Å². The maximum absolute atomic E-state index is 6.89. The first-order chi connectivity index (χ1) is 27.7. The Balaban J connectivity index is 1.10. The highest BCUT2D eigenvalue weighted by Crippen LogP contribution is 2.46. The van der Waals surface area contributed by atoms with Crippen molar-refractivity contribution in [2.24, 2.45) is 0 Å². The smallest absolute Gasteiger partial charge is 0.164 e. The highest BCUT2D eigenvalue weighted by Gasteiger charge is 2.23. The highest BCUT2D eigenvalue weighted by molar-refractivity contribution is 6.24. The monoisotopic (exact) mass is 719 g/mol. The summed E-state index contributed by atoms with van der Waals surface area (Å²) in [7, 11) is 0. The van der Waals surface area contributed by atoms with Crippen molar-refractivity contribution in [3.05, 3.63) is 162 Å². The minimum atomic E-state index is 0.610. The third-order valence-corrected chi connectivity index (χ3v) is 11.6. The van der Waals surface area contributed by atoms with Gasteiger partial charge in [-0.3, -0.25) is 0 Å². The van der Waals surface area contributed by atoms with Crippen molar-refractivity contribution >= 4 is 66.8 Å². The molecule has 2 aliphatic carbocycles. The normalized spacial score (nSPS) is 13.6. The number of allylic oxidation sites excluding steroid dienone is 2. The van der Waals surface area contributed by atoms with Crippen molar-refractivity contribution in [1.82, 2.24) is 15.0 Å². The standard InChI is InChI=1S/C51H33N3O2/c1-3-13-32-27-35(25-23-30(32)11-1)49-52-50(36-26-24-31-12-2-4-14-33(31)28-36)54-51(53-49)41-20-10-22-44-45(41)40-19-9-18-38(47(40)56-44)42-29-34-15-5-6-16-37(34)48-46(42)39-17-7-8-21-43(39)55-48/h3-10,13-29H,1-2,11-12H2. The molecule has 2 aliphatic rings. The lowest BCUT2D eigenvalue weighted by atomic mass is 9.94. The zero-order valence-electron chi connectivity index (χ0n) is 30.4. The summed E-state index contributed by atoms with van der Waals surface area (Å²) in [5, 5.41) is 6.35. The van der Waals surface area contributed by atoms with Crippen LogP contribution < -0.4 is 0 Å². The second-order valence-electron chi connectivity index (χ2n) is 14.9. The van der Waals surface area contributed by atoms with Crippen LogP contribution in [0.25, 0.3) is 112 Å². The van der Waals surface area contributed by atoms with Crippen LogP contribution in [0, 0.1) is 0 Å². The molecule has 0 radical (unpaired) electrons. The summed E-state index contributed by atoms with van der Waals surface area (Å²) in [6, 6.07) is 44.8. The summed E-state index contributed by atoms with van der Waals surface area (Å²) in [6.07, 6.45) is 13.1. The van der Waals surface area contributed by atoms with Gasteiger partial charge in [0.05, 0.1) is 0 Å². The molecule has 0 aliphatic heterocycles.